The molecular formula is C12H12N2O4S3. The minimum Gasteiger partial charge on any atom is -0.481 e. The number of hydrogen-bond donors (Lipinski definition) is 1. The molecular weight excluding hydrogens is 332 g/mol. The number of carboxylic acid groups (broad SMARTS) is 1. The van der Waals surface area contributed by atoms with Crippen molar-refractivity contribution in [1.29, 1.82) is 0 Å². The quantitative estimate of drug-likeness (QED) is 0.610. The van der Waals surface area contributed by atoms with Crippen molar-refractivity contribution in [2.45, 2.75) is 23.4 Å². The lowest BCUT2D eigenvalue weighted by Crippen LogP contribution is -2.03. The molecule has 9 heteroatoms. The maximum Gasteiger partial charge on any atom is 0.367 e. The number of nitrogens with zero attached hydrogens (tertiary/aromatic N) is 2. The van der Waals surface area contributed by atoms with Crippen LogP contribution < -0.4 is 0 Å². The summed E-state index contributed by atoms with van der Waals surface area (Å²) in [5.74, 6) is -0.720. The van der Waals surface area contributed by atoms with Gasteiger partial charge in [-0.15, -0.1) is 22.7 Å². The zero-order valence-corrected chi connectivity index (χ0v) is 13.5. The number of carbonyl (C=O) groups is 2. The van der Waals surface area contributed by atoms with E-state index in [-0.39, 0.29) is 6.42 Å². The van der Waals surface area contributed by atoms with E-state index in [4.69, 9.17) is 9.84 Å². The Hall–Kier alpha value is -1.45. The van der Waals surface area contributed by atoms with E-state index >= 15 is 0 Å². The highest BCUT2D eigenvalue weighted by atomic mass is 32.2. The van der Waals surface area contributed by atoms with Crippen molar-refractivity contribution in [1.82, 2.24) is 9.97 Å². The second-order valence-corrected chi connectivity index (χ2v) is 6.77. The van der Waals surface area contributed by atoms with Crippen LogP contribution >= 0.6 is 34.4 Å². The van der Waals surface area contributed by atoms with Crippen molar-refractivity contribution in [3.8, 4) is 0 Å². The Kier molecular flexibility index (Phi) is 5.71. The number of aliphatic carboxylic acids is 1. The summed E-state index contributed by atoms with van der Waals surface area (Å²) in [5.41, 5.74) is 1.34. The SMILES string of the molecule is CCOC(=O)c1nc(CSc2nc(CC(=O)O)cs2)cs1. The van der Waals surface area contributed by atoms with E-state index in [0.29, 0.717) is 23.1 Å². The van der Waals surface area contributed by atoms with Crippen LogP contribution in [0.3, 0.4) is 0 Å². The fourth-order valence-corrected chi connectivity index (χ4v) is 3.94. The molecule has 0 saturated heterocycles. The van der Waals surface area contributed by atoms with Crippen molar-refractivity contribution in [2.75, 3.05) is 6.61 Å². The van der Waals surface area contributed by atoms with Crippen LogP contribution in [0.15, 0.2) is 15.1 Å². The van der Waals surface area contributed by atoms with E-state index in [1.165, 1.54) is 34.4 Å². The Morgan fingerprint density at radius 3 is 2.76 bits per heavy atom. The molecule has 112 valence electrons. The Balaban J connectivity index is 1.89. The molecule has 0 radical (unpaired) electrons. The predicted molar refractivity (Wildman–Crippen MR) is 81.1 cm³/mol. The Morgan fingerprint density at radius 2 is 2.05 bits per heavy atom. The molecule has 0 spiro atoms. The van der Waals surface area contributed by atoms with E-state index in [0.717, 1.165) is 10.0 Å². The van der Waals surface area contributed by atoms with Gasteiger partial charge < -0.3 is 9.84 Å². The first-order chi connectivity index (χ1) is 10.1. The molecule has 0 aliphatic heterocycles. The predicted octanol–water partition coefficient (Wildman–Crippen LogP) is 2.70. The van der Waals surface area contributed by atoms with Gasteiger partial charge in [-0.05, 0) is 6.92 Å². The average Bonchev–Trinajstić information content (AvgIpc) is 3.05. The maximum atomic E-state index is 11.5. The standard InChI is InChI=1S/C12H12N2O4S3/c1-2-18-11(17)10-13-8(5-19-10)6-21-12-14-7(4-20-12)3-9(15)16/h4-5H,2-3,6H2,1H3,(H,15,16). The fraction of sp³-hybridized carbons (Fsp3) is 0.333. The van der Waals surface area contributed by atoms with Crippen LogP contribution in [-0.4, -0.2) is 33.6 Å². The normalized spacial score (nSPS) is 10.5. The summed E-state index contributed by atoms with van der Waals surface area (Å²) in [4.78, 5) is 30.5. The maximum absolute atomic E-state index is 11.5. The van der Waals surface area contributed by atoms with E-state index in [1.54, 1.807) is 12.3 Å². The van der Waals surface area contributed by atoms with Gasteiger partial charge in [-0.2, -0.15) is 0 Å². The highest BCUT2D eigenvalue weighted by Crippen LogP contribution is 2.27. The zero-order chi connectivity index (χ0) is 15.2. The van der Waals surface area contributed by atoms with Gasteiger partial charge in [-0.3, -0.25) is 4.79 Å². The molecule has 2 aromatic heterocycles. The summed E-state index contributed by atoms with van der Waals surface area (Å²) in [7, 11) is 0. The summed E-state index contributed by atoms with van der Waals surface area (Å²) < 4.78 is 5.67. The molecule has 0 amide bonds. The van der Waals surface area contributed by atoms with Crippen LogP contribution in [0.25, 0.3) is 0 Å². The van der Waals surface area contributed by atoms with Crippen molar-refractivity contribution in [2.24, 2.45) is 0 Å². The first-order valence-electron chi connectivity index (χ1n) is 5.99. The third kappa shape index (κ3) is 4.80. The molecule has 2 heterocycles. The number of rotatable bonds is 7. The second-order valence-electron chi connectivity index (χ2n) is 3.83. The van der Waals surface area contributed by atoms with E-state index in [2.05, 4.69) is 9.97 Å². The number of hydrogen-bond acceptors (Lipinski definition) is 8. The van der Waals surface area contributed by atoms with Gasteiger partial charge in [0, 0.05) is 16.5 Å². The van der Waals surface area contributed by atoms with E-state index in [9.17, 15) is 9.59 Å². The lowest BCUT2D eigenvalue weighted by atomic mass is 10.3. The highest BCUT2D eigenvalue weighted by molar-refractivity contribution is 8.00. The van der Waals surface area contributed by atoms with Gasteiger partial charge in [-0.25, -0.2) is 14.8 Å². The molecule has 0 aliphatic rings. The van der Waals surface area contributed by atoms with Gasteiger partial charge >= 0.3 is 11.9 Å². The first kappa shape index (κ1) is 15.9. The summed E-state index contributed by atoms with van der Waals surface area (Å²) in [5, 5.41) is 12.6. The summed E-state index contributed by atoms with van der Waals surface area (Å²) in [6.45, 7) is 2.08. The number of esters is 1. The minimum absolute atomic E-state index is 0.0687. The first-order valence-corrected chi connectivity index (χ1v) is 8.73. The monoisotopic (exact) mass is 344 g/mol. The van der Waals surface area contributed by atoms with Gasteiger partial charge in [0.25, 0.3) is 0 Å². The number of aromatic nitrogens is 2. The van der Waals surface area contributed by atoms with Gasteiger partial charge in [-0.1, -0.05) is 11.8 Å². The second kappa shape index (κ2) is 7.53. The topological polar surface area (TPSA) is 89.4 Å². The Labute approximate surface area is 133 Å². The van der Waals surface area contributed by atoms with Gasteiger partial charge in [0.2, 0.25) is 5.01 Å². The highest BCUT2D eigenvalue weighted by Gasteiger charge is 2.13. The molecule has 0 bridgehead atoms. The molecule has 2 aromatic rings. The summed E-state index contributed by atoms with van der Waals surface area (Å²) >= 11 is 4.12. The molecule has 2 rings (SSSR count). The molecule has 0 saturated carbocycles. The largest absolute Gasteiger partial charge is 0.481 e. The Morgan fingerprint density at radius 1 is 1.29 bits per heavy atom. The molecule has 0 aromatic carbocycles. The number of ether oxygens (including phenoxy) is 1. The summed E-state index contributed by atoms with van der Waals surface area (Å²) in [6, 6.07) is 0. The van der Waals surface area contributed by atoms with E-state index in [1.807, 2.05) is 5.38 Å². The minimum atomic E-state index is -0.893. The smallest absolute Gasteiger partial charge is 0.367 e. The van der Waals surface area contributed by atoms with Crippen LogP contribution in [0.1, 0.15) is 28.1 Å². The fourth-order valence-electron chi connectivity index (χ4n) is 1.39. The van der Waals surface area contributed by atoms with Gasteiger partial charge in [0.05, 0.1) is 24.4 Å². The third-order valence-corrected chi connectivity index (χ3v) is 5.18. The van der Waals surface area contributed by atoms with Crippen LogP contribution in [-0.2, 0) is 21.7 Å². The lowest BCUT2D eigenvalue weighted by molar-refractivity contribution is -0.136. The Bertz CT molecular complexity index is 638. The van der Waals surface area contributed by atoms with Gasteiger partial charge in [0.1, 0.15) is 0 Å². The van der Waals surface area contributed by atoms with Crippen molar-refractivity contribution >= 4 is 46.4 Å². The molecule has 0 aliphatic carbocycles. The van der Waals surface area contributed by atoms with Crippen LogP contribution in [0.5, 0.6) is 0 Å². The number of carboxylic acids is 1. The van der Waals surface area contributed by atoms with Gasteiger partial charge in [0.15, 0.2) is 4.34 Å². The third-order valence-electron chi connectivity index (χ3n) is 2.21. The number of thiazole rings is 2. The van der Waals surface area contributed by atoms with Crippen molar-refractivity contribution in [3.63, 3.8) is 0 Å². The van der Waals surface area contributed by atoms with Crippen molar-refractivity contribution in [3.05, 3.63) is 27.2 Å². The molecule has 21 heavy (non-hydrogen) atoms. The molecule has 1 N–H and O–H groups in total. The van der Waals surface area contributed by atoms with Crippen molar-refractivity contribution < 1.29 is 19.4 Å². The molecule has 0 fully saturated rings. The van der Waals surface area contributed by atoms with Crippen LogP contribution in [0.4, 0.5) is 0 Å². The van der Waals surface area contributed by atoms with E-state index < -0.39 is 11.9 Å². The molecule has 0 atom stereocenters. The zero-order valence-electron chi connectivity index (χ0n) is 11.1. The number of thioether (sulfide) groups is 1. The molecule has 0 unspecified atom stereocenters. The molecule has 6 nitrogen and oxygen atoms in total. The summed E-state index contributed by atoms with van der Waals surface area (Å²) in [6.07, 6.45) is -0.0687. The number of carbonyl (C=O) groups excluding carboxylic acids is 1. The van der Waals surface area contributed by atoms with Crippen LogP contribution in [0.2, 0.25) is 0 Å². The van der Waals surface area contributed by atoms with Crippen LogP contribution in [0, 0.1) is 0 Å². The average molecular weight is 344 g/mol. The lowest BCUT2D eigenvalue weighted by Gasteiger charge is -1.96.